The predicted octanol–water partition coefficient (Wildman–Crippen LogP) is 8.67. The highest BCUT2D eigenvalue weighted by Gasteiger charge is 2.37. The molecule has 10 heteroatoms. The van der Waals surface area contributed by atoms with E-state index in [1.54, 1.807) is 4.68 Å². The number of nitrogens with zero attached hydrogens (tertiary/aromatic N) is 3. The van der Waals surface area contributed by atoms with E-state index in [-0.39, 0.29) is 12.1 Å². The van der Waals surface area contributed by atoms with Gasteiger partial charge in [-0.25, -0.2) is 9.48 Å². The molecule has 8 nitrogen and oxygen atoms in total. The SMILES string of the molecule is CCOc1cc(C2C(C(=O)OC3CCCCC3)=C(C)Nc3nc(SCc4ccccc4Cl)nn32)ccc1OCc1ccccc1C. The molecule has 0 saturated heterocycles. The molecule has 4 aromatic rings. The first-order valence-electron chi connectivity index (χ1n) is 15.9. The Bertz CT molecular complexity index is 1730. The maximum atomic E-state index is 13.9. The highest BCUT2D eigenvalue weighted by molar-refractivity contribution is 7.98. The van der Waals surface area contributed by atoms with Gasteiger partial charge in [0.05, 0.1) is 12.2 Å². The molecule has 1 N–H and O–H groups in total. The monoisotopic (exact) mass is 658 g/mol. The molecule has 1 fully saturated rings. The van der Waals surface area contributed by atoms with Crippen molar-refractivity contribution in [2.45, 2.75) is 82.5 Å². The second-order valence-electron chi connectivity index (χ2n) is 11.6. The van der Waals surface area contributed by atoms with Gasteiger partial charge in [-0.3, -0.25) is 0 Å². The molecule has 1 aromatic heterocycles. The number of fused-ring (bicyclic) bond motifs is 1. The second kappa shape index (κ2) is 14.6. The number of esters is 1. The van der Waals surface area contributed by atoms with E-state index < -0.39 is 6.04 Å². The van der Waals surface area contributed by atoms with Crippen LogP contribution in [0, 0.1) is 6.92 Å². The molecule has 0 spiro atoms. The van der Waals surface area contributed by atoms with Crippen molar-refractivity contribution >= 4 is 35.3 Å². The highest BCUT2D eigenvalue weighted by atomic mass is 35.5. The standard InChI is InChI=1S/C36H39ClN4O4S/c1-4-43-31-20-25(18-19-30(31)44-21-26-13-9-8-12-23(26)2)33-32(34(42)45-28-15-6-5-7-16-28)24(3)38-35-39-36(40-41(33)35)46-22-27-14-10-11-17-29(27)37/h8-14,17-20,28,33H,4-7,15-16,21-22H2,1-3H3,(H,38,39,40). The van der Waals surface area contributed by atoms with Gasteiger partial charge in [-0.05, 0) is 86.9 Å². The molecule has 6 rings (SSSR count). The van der Waals surface area contributed by atoms with Gasteiger partial charge in [0.25, 0.3) is 0 Å². The first kappa shape index (κ1) is 32.0. The fourth-order valence-corrected chi connectivity index (χ4v) is 7.05. The van der Waals surface area contributed by atoms with Gasteiger partial charge in [0.1, 0.15) is 18.8 Å². The molecule has 1 aliphatic heterocycles. The number of allylic oxidation sites excluding steroid dienone is 1. The van der Waals surface area contributed by atoms with Crippen molar-refractivity contribution in [2.24, 2.45) is 0 Å². The van der Waals surface area contributed by atoms with Gasteiger partial charge in [0, 0.05) is 16.5 Å². The number of hydrogen-bond donors (Lipinski definition) is 1. The van der Waals surface area contributed by atoms with E-state index in [1.807, 2.05) is 68.4 Å². The fourth-order valence-electron chi connectivity index (χ4n) is 5.93. The van der Waals surface area contributed by atoms with Gasteiger partial charge in [-0.1, -0.05) is 78.3 Å². The van der Waals surface area contributed by atoms with Crippen molar-refractivity contribution in [2.75, 3.05) is 11.9 Å². The van der Waals surface area contributed by atoms with E-state index >= 15 is 0 Å². The maximum absolute atomic E-state index is 13.9. The summed E-state index contributed by atoms with van der Waals surface area (Å²) in [5, 5.41) is 9.50. The molecule has 1 atom stereocenters. The largest absolute Gasteiger partial charge is 0.490 e. The van der Waals surface area contributed by atoms with E-state index in [1.165, 1.54) is 18.2 Å². The summed E-state index contributed by atoms with van der Waals surface area (Å²) in [4.78, 5) is 18.7. The summed E-state index contributed by atoms with van der Waals surface area (Å²) in [5.41, 5.74) is 5.27. The lowest BCUT2D eigenvalue weighted by atomic mass is 9.94. The van der Waals surface area contributed by atoms with E-state index in [4.69, 9.17) is 35.9 Å². The van der Waals surface area contributed by atoms with Crippen LogP contribution in [-0.2, 0) is 21.9 Å². The Morgan fingerprint density at radius 2 is 1.74 bits per heavy atom. The molecule has 0 amide bonds. The zero-order valence-corrected chi connectivity index (χ0v) is 28.0. The highest BCUT2D eigenvalue weighted by Crippen LogP contribution is 2.41. The van der Waals surface area contributed by atoms with Crippen LogP contribution in [0.25, 0.3) is 0 Å². The maximum Gasteiger partial charge on any atom is 0.338 e. The van der Waals surface area contributed by atoms with Crippen molar-refractivity contribution in [1.82, 2.24) is 14.8 Å². The number of benzene rings is 3. The summed E-state index contributed by atoms with van der Waals surface area (Å²) in [7, 11) is 0. The topological polar surface area (TPSA) is 87.5 Å². The predicted molar refractivity (Wildman–Crippen MR) is 182 cm³/mol. The number of halogens is 1. The summed E-state index contributed by atoms with van der Waals surface area (Å²) >= 11 is 7.90. The molecule has 3 aromatic carbocycles. The molecule has 2 aliphatic rings. The first-order valence-corrected chi connectivity index (χ1v) is 17.2. The minimum atomic E-state index is -0.584. The lowest BCUT2D eigenvalue weighted by Gasteiger charge is -2.30. The zero-order valence-electron chi connectivity index (χ0n) is 26.4. The van der Waals surface area contributed by atoms with Crippen LogP contribution in [0.3, 0.4) is 0 Å². The Morgan fingerprint density at radius 3 is 2.50 bits per heavy atom. The van der Waals surface area contributed by atoms with Crippen molar-refractivity contribution in [3.8, 4) is 11.5 Å². The first-order chi connectivity index (χ1) is 22.4. The minimum absolute atomic E-state index is 0.0858. The number of aromatic nitrogens is 3. The van der Waals surface area contributed by atoms with Gasteiger partial charge >= 0.3 is 5.97 Å². The van der Waals surface area contributed by atoms with Gasteiger partial charge in [-0.15, -0.1) is 5.10 Å². The lowest BCUT2D eigenvalue weighted by molar-refractivity contribution is -0.146. The van der Waals surface area contributed by atoms with Crippen LogP contribution in [0.5, 0.6) is 11.5 Å². The summed E-state index contributed by atoms with van der Waals surface area (Å²) in [6, 6.07) is 21.1. The Hall–Kier alpha value is -3.95. The average Bonchev–Trinajstić information content (AvgIpc) is 3.46. The Balaban J connectivity index is 1.34. The molecule has 0 radical (unpaired) electrons. The van der Waals surface area contributed by atoms with E-state index in [0.717, 1.165) is 47.9 Å². The molecular weight excluding hydrogens is 620 g/mol. The Kier molecular flexibility index (Phi) is 10.2. The number of rotatable bonds is 11. The van der Waals surface area contributed by atoms with Gasteiger partial charge in [0.15, 0.2) is 11.5 Å². The number of nitrogens with one attached hydrogen (secondary N) is 1. The van der Waals surface area contributed by atoms with Gasteiger partial charge in [0.2, 0.25) is 11.1 Å². The minimum Gasteiger partial charge on any atom is -0.490 e. The number of anilines is 1. The third-order valence-corrected chi connectivity index (χ3v) is 9.68. The van der Waals surface area contributed by atoms with Crippen LogP contribution >= 0.6 is 23.4 Å². The number of carbonyl (C=O) groups is 1. The Morgan fingerprint density at radius 1 is 0.978 bits per heavy atom. The molecule has 240 valence electrons. The molecule has 1 unspecified atom stereocenters. The second-order valence-corrected chi connectivity index (χ2v) is 13.0. The lowest BCUT2D eigenvalue weighted by Crippen LogP contribution is -2.32. The fraction of sp³-hybridized carbons (Fsp3) is 0.361. The smallest absolute Gasteiger partial charge is 0.338 e. The summed E-state index contributed by atoms with van der Waals surface area (Å²) < 4.78 is 20.2. The number of hydrogen-bond acceptors (Lipinski definition) is 8. The molecule has 1 aliphatic carbocycles. The van der Waals surface area contributed by atoms with E-state index in [2.05, 4.69) is 24.4 Å². The third kappa shape index (κ3) is 7.21. The molecule has 1 saturated carbocycles. The molecule has 0 bridgehead atoms. The third-order valence-electron chi connectivity index (χ3n) is 8.42. The van der Waals surface area contributed by atoms with Crippen molar-refractivity contribution < 1.29 is 19.0 Å². The van der Waals surface area contributed by atoms with Crippen LogP contribution in [-0.4, -0.2) is 33.4 Å². The summed E-state index contributed by atoms with van der Waals surface area (Å²) in [5.74, 6) is 2.05. The van der Waals surface area contributed by atoms with Crippen molar-refractivity contribution in [1.29, 1.82) is 0 Å². The molecule has 2 heterocycles. The van der Waals surface area contributed by atoms with Gasteiger partial charge in [-0.2, -0.15) is 4.98 Å². The zero-order chi connectivity index (χ0) is 32.0. The van der Waals surface area contributed by atoms with Gasteiger partial charge < -0.3 is 19.5 Å². The van der Waals surface area contributed by atoms with Crippen LogP contribution in [0.1, 0.15) is 74.2 Å². The van der Waals surface area contributed by atoms with E-state index in [0.29, 0.717) is 57.9 Å². The molecule has 46 heavy (non-hydrogen) atoms. The molecular formula is C36H39ClN4O4S. The van der Waals surface area contributed by atoms with Crippen LogP contribution in [0.2, 0.25) is 5.02 Å². The normalized spacial score (nSPS) is 16.5. The van der Waals surface area contributed by atoms with Crippen LogP contribution in [0.15, 0.2) is 83.2 Å². The van der Waals surface area contributed by atoms with E-state index in [9.17, 15) is 4.79 Å². The quantitative estimate of drug-likeness (QED) is 0.127. The number of thioether (sulfide) groups is 1. The summed E-state index contributed by atoms with van der Waals surface area (Å²) in [6.45, 7) is 6.78. The number of ether oxygens (including phenoxy) is 3. The van der Waals surface area contributed by atoms with Crippen LogP contribution < -0.4 is 14.8 Å². The van der Waals surface area contributed by atoms with Crippen molar-refractivity contribution in [3.63, 3.8) is 0 Å². The number of carbonyl (C=O) groups excluding carboxylic acids is 1. The Labute approximate surface area is 279 Å². The van der Waals surface area contributed by atoms with Crippen molar-refractivity contribution in [3.05, 3.63) is 105 Å². The van der Waals surface area contributed by atoms with Crippen LogP contribution in [0.4, 0.5) is 5.95 Å². The number of aryl methyl sites for hydroxylation is 1. The average molecular weight is 659 g/mol. The summed E-state index contributed by atoms with van der Waals surface area (Å²) in [6.07, 6.45) is 4.99.